The third kappa shape index (κ3) is 4.90. The Morgan fingerprint density at radius 2 is 2.00 bits per heavy atom. The fourth-order valence-corrected chi connectivity index (χ4v) is 2.49. The van der Waals surface area contributed by atoms with Crippen LogP contribution >= 0.6 is 34.2 Å². The lowest BCUT2D eigenvalue weighted by atomic mass is 10.2. The highest BCUT2D eigenvalue weighted by Gasteiger charge is 2.18. The van der Waals surface area contributed by atoms with E-state index in [0.717, 1.165) is 9.64 Å². The van der Waals surface area contributed by atoms with Gasteiger partial charge in [0.05, 0.1) is 10.5 Å². The number of hydrogen-bond acceptors (Lipinski definition) is 5. The topological polar surface area (TPSA) is 98.5 Å². The lowest BCUT2D eigenvalue weighted by molar-refractivity contribution is -0.384. The Morgan fingerprint density at radius 3 is 2.67 bits per heavy atom. The second-order valence-corrected chi connectivity index (χ2v) is 6.21. The van der Waals surface area contributed by atoms with Gasteiger partial charge in [-0.05, 0) is 52.9 Å². The van der Waals surface area contributed by atoms with Gasteiger partial charge in [-0.25, -0.2) is 4.79 Å². The molecule has 0 aliphatic rings. The van der Waals surface area contributed by atoms with Gasteiger partial charge in [0.2, 0.25) is 0 Å². The number of nitrogens with zero attached hydrogens (tertiary/aromatic N) is 1. The fraction of sp³-hybridized carbons (Fsp3) is 0.0667. The molecule has 1 amide bonds. The van der Waals surface area contributed by atoms with Crippen molar-refractivity contribution in [3.8, 4) is 0 Å². The monoisotopic (exact) mass is 460 g/mol. The summed E-state index contributed by atoms with van der Waals surface area (Å²) in [7, 11) is 0. The number of esters is 1. The highest BCUT2D eigenvalue weighted by Crippen LogP contribution is 2.25. The predicted octanol–water partition coefficient (Wildman–Crippen LogP) is 3.65. The molecule has 1 N–H and O–H groups in total. The molecule has 124 valence electrons. The van der Waals surface area contributed by atoms with Gasteiger partial charge in [-0.2, -0.15) is 0 Å². The van der Waals surface area contributed by atoms with Crippen molar-refractivity contribution in [2.24, 2.45) is 0 Å². The molecule has 0 unspecified atom stereocenters. The van der Waals surface area contributed by atoms with E-state index in [1.54, 1.807) is 18.2 Å². The second kappa shape index (κ2) is 8.06. The largest absolute Gasteiger partial charge is 0.452 e. The van der Waals surface area contributed by atoms with Crippen LogP contribution in [0.15, 0.2) is 42.5 Å². The Kier molecular flexibility index (Phi) is 6.10. The standard InChI is InChI=1S/C15H10ClIN2O5/c16-12-5-4-9(6-13(12)19(22)23)15(21)24-8-14(20)18-11-3-1-2-10(17)7-11/h1-7H,8H2,(H,18,20). The molecule has 0 radical (unpaired) electrons. The maximum atomic E-state index is 11.9. The number of amides is 1. The van der Waals surface area contributed by atoms with E-state index >= 15 is 0 Å². The van der Waals surface area contributed by atoms with Crippen molar-refractivity contribution in [2.45, 2.75) is 0 Å². The molecule has 0 atom stereocenters. The molecule has 24 heavy (non-hydrogen) atoms. The number of nitro groups is 1. The molecule has 2 aromatic rings. The van der Waals surface area contributed by atoms with Crippen LogP contribution in [0.5, 0.6) is 0 Å². The van der Waals surface area contributed by atoms with Crippen molar-refractivity contribution >= 4 is 57.4 Å². The normalized spacial score (nSPS) is 10.1. The van der Waals surface area contributed by atoms with Crippen molar-refractivity contribution in [2.75, 3.05) is 11.9 Å². The average Bonchev–Trinajstić information content (AvgIpc) is 2.52. The smallest absolute Gasteiger partial charge is 0.338 e. The first-order valence-corrected chi connectivity index (χ1v) is 7.99. The van der Waals surface area contributed by atoms with E-state index in [1.165, 1.54) is 12.1 Å². The number of hydrogen-bond donors (Lipinski definition) is 1. The Hall–Kier alpha value is -2.20. The van der Waals surface area contributed by atoms with E-state index in [-0.39, 0.29) is 10.6 Å². The minimum Gasteiger partial charge on any atom is -0.452 e. The maximum Gasteiger partial charge on any atom is 0.338 e. The van der Waals surface area contributed by atoms with E-state index in [2.05, 4.69) is 27.9 Å². The Labute approximate surface area is 155 Å². The van der Waals surface area contributed by atoms with Crippen molar-refractivity contribution in [3.63, 3.8) is 0 Å². The average molecular weight is 461 g/mol. The zero-order valence-corrected chi connectivity index (χ0v) is 14.9. The predicted molar refractivity (Wildman–Crippen MR) is 96.2 cm³/mol. The molecule has 0 heterocycles. The Balaban J connectivity index is 1.96. The van der Waals surface area contributed by atoms with E-state index in [0.29, 0.717) is 5.69 Å². The molecule has 2 aromatic carbocycles. The maximum absolute atomic E-state index is 11.9. The van der Waals surface area contributed by atoms with E-state index in [9.17, 15) is 19.7 Å². The first kappa shape index (κ1) is 18.1. The van der Waals surface area contributed by atoms with Crippen LogP contribution in [0.2, 0.25) is 5.02 Å². The van der Waals surface area contributed by atoms with Gasteiger partial charge in [0.15, 0.2) is 6.61 Å². The lowest BCUT2D eigenvalue weighted by Crippen LogP contribution is -2.21. The number of carbonyl (C=O) groups excluding carboxylic acids is 2. The van der Waals surface area contributed by atoms with Gasteiger partial charge in [0.25, 0.3) is 11.6 Å². The molecular weight excluding hydrogens is 451 g/mol. The molecule has 9 heteroatoms. The van der Waals surface area contributed by atoms with Gasteiger partial charge >= 0.3 is 5.97 Å². The van der Waals surface area contributed by atoms with Crippen LogP contribution in [-0.2, 0) is 9.53 Å². The van der Waals surface area contributed by atoms with Gasteiger partial charge in [0, 0.05) is 15.3 Å². The van der Waals surface area contributed by atoms with Crippen LogP contribution in [0.1, 0.15) is 10.4 Å². The van der Waals surface area contributed by atoms with Crippen molar-refractivity contribution in [3.05, 3.63) is 66.7 Å². The summed E-state index contributed by atoms with van der Waals surface area (Å²) in [6.07, 6.45) is 0. The summed E-state index contributed by atoms with van der Waals surface area (Å²) >= 11 is 7.77. The number of nitro benzene ring substituents is 1. The summed E-state index contributed by atoms with van der Waals surface area (Å²) in [6, 6.07) is 10.6. The summed E-state index contributed by atoms with van der Waals surface area (Å²) in [5.41, 5.74) is 0.104. The summed E-state index contributed by atoms with van der Waals surface area (Å²) in [5.74, 6) is -1.37. The van der Waals surface area contributed by atoms with Crippen molar-refractivity contribution in [1.29, 1.82) is 0 Å². The number of benzene rings is 2. The van der Waals surface area contributed by atoms with Crippen molar-refractivity contribution < 1.29 is 19.2 Å². The second-order valence-electron chi connectivity index (χ2n) is 4.56. The molecule has 0 fully saturated rings. The first-order valence-electron chi connectivity index (χ1n) is 6.53. The van der Waals surface area contributed by atoms with Crippen LogP contribution in [0, 0.1) is 13.7 Å². The highest BCUT2D eigenvalue weighted by atomic mass is 127. The molecule has 0 saturated heterocycles. The quantitative estimate of drug-likeness (QED) is 0.318. The zero-order chi connectivity index (χ0) is 17.7. The fourth-order valence-electron chi connectivity index (χ4n) is 1.76. The Bertz CT molecular complexity index is 812. The number of halogens is 2. The first-order chi connectivity index (χ1) is 11.4. The van der Waals surface area contributed by atoms with Gasteiger partial charge in [-0.1, -0.05) is 17.7 Å². The third-order valence-electron chi connectivity index (χ3n) is 2.82. The van der Waals surface area contributed by atoms with Crippen LogP contribution in [0.4, 0.5) is 11.4 Å². The summed E-state index contributed by atoms with van der Waals surface area (Å²) in [6.45, 7) is -0.513. The SMILES string of the molecule is O=C(COC(=O)c1ccc(Cl)c([N+](=O)[O-])c1)Nc1cccc(I)c1. The molecule has 0 aliphatic carbocycles. The number of ether oxygens (including phenoxy) is 1. The molecule has 0 saturated carbocycles. The molecule has 7 nitrogen and oxygen atoms in total. The molecule has 0 spiro atoms. The van der Waals surface area contributed by atoms with Crippen LogP contribution in [-0.4, -0.2) is 23.4 Å². The summed E-state index contributed by atoms with van der Waals surface area (Å²) in [4.78, 5) is 33.7. The summed E-state index contributed by atoms with van der Waals surface area (Å²) in [5, 5.41) is 13.3. The Morgan fingerprint density at radius 1 is 1.25 bits per heavy atom. The molecule has 0 aromatic heterocycles. The minimum absolute atomic E-state index is 0.0619. The van der Waals surface area contributed by atoms with Gasteiger partial charge in [0.1, 0.15) is 5.02 Å². The van der Waals surface area contributed by atoms with Crippen LogP contribution < -0.4 is 5.32 Å². The third-order valence-corrected chi connectivity index (χ3v) is 3.81. The van der Waals surface area contributed by atoms with Gasteiger partial charge in [-0.3, -0.25) is 14.9 Å². The van der Waals surface area contributed by atoms with E-state index in [4.69, 9.17) is 16.3 Å². The summed E-state index contributed by atoms with van der Waals surface area (Å²) < 4.78 is 5.79. The van der Waals surface area contributed by atoms with Gasteiger partial charge < -0.3 is 10.1 Å². The number of carbonyl (C=O) groups is 2. The van der Waals surface area contributed by atoms with Crippen LogP contribution in [0.3, 0.4) is 0 Å². The van der Waals surface area contributed by atoms with E-state index in [1.807, 2.05) is 6.07 Å². The van der Waals surface area contributed by atoms with E-state index < -0.39 is 29.1 Å². The number of nitrogens with one attached hydrogen (secondary N) is 1. The lowest BCUT2D eigenvalue weighted by Gasteiger charge is -2.07. The minimum atomic E-state index is -0.854. The molecule has 0 bridgehead atoms. The number of rotatable bonds is 5. The highest BCUT2D eigenvalue weighted by molar-refractivity contribution is 14.1. The van der Waals surface area contributed by atoms with Crippen molar-refractivity contribution in [1.82, 2.24) is 0 Å². The zero-order valence-electron chi connectivity index (χ0n) is 12.0. The molecule has 2 rings (SSSR count). The molecule has 0 aliphatic heterocycles. The van der Waals surface area contributed by atoms with Gasteiger partial charge in [-0.15, -0.1) is 0 Å². The van der Waals surface area contributed by atoms with Crippen LogP contribution in [0.25, 0.3) is 0 Å². The number of anilines is 1. The molecular formula is C15H10ClIN2O5.